The molecule has 0 bridgehead atoms. The summed E-state index contributed by atoms with van der Waals surface area (Å²) in [7, 11) is 0. The topological polar surface area (TPSA) is 12.9 Å². The van der Waals surface area contributed by atoms with Crippen LogP contribution >= 0.6 is 11.3 Å². The molecule has 190 valence electrons. The third-order valence-corrected chi connectivity index (χ3v) is 9.52. The van der Waals surface area contributed by atoms with E-state index < -0.39 is 0 Å². The van der Waals surface area contributed by atoms with Crippen LogP contribution < -0.4 is 0 Å². The molecule has 0 aliphatic rings. The number of pyridine rings is 1. The van der Waals surface area contributed by atoms with Crippen LogP contribution in [0.15, 0.2) is 140 Å². The third kappa shape index (κ3) is 3.38. The van der Waals surface area contributed by atoms with Gasteiger partial charge in [-0.1, -0.05) is 121 Å². The standard InChI is InChI=1S/C39H23NS/c1-2-14-29-27(12-1)28-13-3-4-15-30(28)35-23-25(20-21-31(29)35)24-10-9-11-26(22-24)38-33-17-6-5-16-32(33)37-34-18-7-8-19-36(34)41-39(37)40-38/h1-23H. The van der Waals surface area contributed by atoms with Gasteiger partial charge >= 0.3 is 0 Å². The lowest BCUT2D eigenvalue weighted by Gasteiger charge is -2.13. The SMILES string of the molecule is c1cc(-c2ccc3c4ccccc4c4ccccc4c3c2)cc(-c2nc3sc4ccccc4c3c3ccccc23)c1. The summed E-state index contributed by atoms with van der Waals surface area (Å²) in [4.78, 5) is 6.38. The molecule has 2 aromatic heterocycles. The zero-order valence-electron chi connectivity index (χ0n) is 22.1. The minimum atomic E-state index is 1.04. The summed E-state index contributed by atoms with van der Waals surface area (Å²) in [5.41, 5.74) is 4.59. The van der Waals surface area contributed by atoms with Crippen LogP contribution in [0.25, 0.3) is 85.8 Å². The average Bonchev–Trinajstić information content (AvgIpc) is 3.43. The molecule has 0 saturated heterocycles. The van der Waals surface area contributed by atoms with Crippen molar-refractivity contribution in [1.82, 2.24) is 4.98 Å². The molecule has 9 rings (SSSR count). The third-order valence-electron chi connectivity index (χ3n) is 8.46. The molecule has 0 aliphatic carbocycles. The number of fused-ring (bicyclic) bond motifs is 11. The Morgan fingerprint density at radius 3 is 1.63 bits per heavy atom. The second-order valence-electron chi connectivity index (χ2n) is 10.7. The molecule has 41 heavy (non-hydrogen) atoms. The van der Waals surface area contributed by atoms with Gasteiger partial charge in [-0.25, -0.2) is 4.98 Å². The van der Waals surface area contributed by atoms with Crippen LogP contribution in [0.2, 0.25) is 0 Å². The molecule has 0 saturated carbocycles. The lowest BCUT2D eigenvalue weighted by atomic mass is 9.91. The number of thiophene rings is 1. The van der Waals surface area contributed by atoms with Crippen molar-refractivity contribution in [1.29, 1.82) is 0 Å². The van der Waals surface area contributed by atoms with Crippen molar-refractivity contribution in [2.24, 2.45) is 0 Å². The fourth-order valence-corrected chi connectivity index (χ4v) is 7.69. The van der Waals surface area contributed by atoms with E-state index in [4.69, 9.17) is 4.98 Å². The Morgan fingerprint density at radius 1 is 0.366 bits per heavy atom. The average molecular weight is 538 g/mol. The molecule has 1 nitrogen and oxygen atoms in total. The molecule has 0 radical (unpaired) electrons. The maximum absolute atomic E-state index is 5.29. The highest BCUT2D eigenvalue weighted by molar-refractivity contribution is 7.25. The van der Waals surface area contributed by atoms with Crippen molar-refractivity contribution < 1.29 is 0 Å². The quantitative estimate of drug-likeness (QED) is 0.200. The number of rotatable bonds is 2. The Labute approximate surface area is 240 Å². The fraction of sp³-hybridized carbons (Fsp3) is 0. The molecular weight excluding hydrogens is 515 g/mol. The smallest absolute Gasteiger partial charge is 0.125 e. The molecule has 0 aliphatic heterocycles. The van der Waals surface area contributed by atoms with E-state index in [1.807, 2.05) is 0 Å². The summed E-state index contributed by atoms with van der Waals surface area (Å²) in [5.74, 6) is 0. The highest BCUT2D eigenvalue weighted by Gasteiger charge is 2.16. The molecule has 0 spiro atoms. The molecule has 0 N–H and O–H groups in total. The van der Waals surface area contributed by atoms with Crippen LogP contribution in [0.4, 0.5) is 0 Å². The summed E-state index contributed by atoms with van der Waals surface area (Å²) in [6.07, 6.45) is 0. The van der Waals surface area contributed by atoms with Gasteiger partial charge < -0.3 is 0 Å². The van der Waals surface area contributed by atoms with E-state index in [1.165, 1.54) is 69.7 Å². The van der Waals surface area contributed by atoms with Gasteiger partial charge in [-0.3, -0.25) is 0 Å². The van der Waals surface area contributed by atoms with Gasteiger partial charge in [-0.2, -0.15) is 0 Å². The van der Waals surface area contributed by atoms with Gasteiger partial charge in [0.1, 0.15) is 4.83 Å². The van der Waals surface area contributed by atoms with Gasteiger partial charge in [0.25, 0.3) is 0 Å². The highest BCUT2D eigenvalue weighted by atomic mass is 32.1. The number of hydrogen-bond acceptors (Lipinski definition) is 2. The van der Waals surface area contributed by atoms with Crippen molar-refractivity contribution in [3.05, 3.63) is 140 Å². The highest BCUT2D eigenvalue weighted by Crippen LogP contribution is 2.42. The summed E-state index contributed by atoms with van der Waals surface area (Å²) >= 11 is 1.78. The van der Waals surface area contributed by atoms with E-state index in [9.17, 15) is 0 Å². The maximum Gasteiger partial charge on any atom is 0.125 e. The monoisotopic (exact) mass is 537 g/mol. The second kappa shape index (κ2) is 8.72. The molecule has 0 unspecified atom stereocenters. The van der Waals surface area contributed by atoms with E-state index in [1.54, 1.807) is 11.3 Å². The van der Waals surface area contributed by atoms with Gasteiger partial charge in [0.15, 0.2) is 0 Å². The number of hydrogen-bond donors (Lipinski definition) is 0. The van der Waals surface area contributed by atoms with Crippen LogP contribution in [0.1, 0.15) is 0 Å². The first-order chi connectivity index (χ1) is 20.3. The molecule has 2 heteroatoms. The van der Waals surface area contributed by atoms with Crippen LogP contribution in [-0.4, -0.2) is 4.98 Å². The Balaban J connectivity index is 1.27. The van der Waals surface area contributed by atoms with Crippen LogP contribution in [0, 0.1) is 0 Å². The number of benzene rings is 7. The molecule has 7 aromatic carbocycles. The molecule has 9 aromatic rings. The first-order valence-corrected chi connectivity index (χ1v) is 14.8. The zero-order chi connectivity index (χ0) is 26.9. The van der Waals surface area contributed by atoms with Gasteiger partial charge in [0, 0.05) is 26.4 Å². The van der Waals surface area contributed by atoms with Crippen molar-refractivity contribution >= 4 is 74.7 Å². The Bertz CT molecular complexity index is 2450. The van der Waals surface area contributed by atoms with E-state index in [2.05, 4.69) is 140 Å². The van der Waals surface area contributed by atoms with Crippen molar-refractivity contribution in [2.45, 2.75) is 0 Å². The first kappa shape index (κ1) is 22.7. The van der Waals surface area contributed by atoms with Crippen LogP contribution in [0.3, 0.4) is 0 Å². The Kier molecular flexibility index (Phi) is 4.84. The van der Waals surface area contributed by atoms with E-state index >= 15 is 0 Å². The minimum Gasteiger partial charge on any atom is -0.236 e. The lowest BCUT2D eigenvalue weighted by molar-refractivity contribution is 1.45. The van der Waals surface area contributed by atoms with Crippen molar-refractivity contribution in [3.8, 4) is 22.4 Å². The summed E-state index contributed by atoms with van der Waals surface area (Å²) in [5, 5.41) is 12.8. The largest absolute Gasteiger partial charge is 0.236 e. The zero-order valence-corrected chi connectivity index (χ0v) is 23.0. The van der Waals surface area contributed by atoms with E-state index in [0.29, 0.717) is 0 Å². The van der Waals surface area contributed by atoms with Gasteiger partial charge in [0.2, 0.25) is 0 Å². The van der Waals surface area contributed by atoms with Crippen molar-refractivity contribution in [2.75, 3.05) is 0 Å². The Morgan fingerprint density at radius 2 is 0.902 bits per heavy atom. The molecule has 0 atom stereocenters. The maximum atomic E-state index is 5.29. The van der Waals surface area contributed by atoms with Gasteiger partial charge in [0.05, 0.1) is 5.69 Å². The fourth-order valence-electron chi connectivity index (χ4n) is 6.59. The molecule has 0 amide bonds. The second-order valence-corrected chi connectivity index (χ2v) is 11.7. The lowest BCUT2D eigenvalue weighted by Crippen LogP contribution is -1.89. The predicted molar refractivity (Wildman–Crippen MR) is 178 cm³/mol. The predicted octanol–water partition coefficient (Wildman–Crippen LogP) is 11.4. The van der Waals surface area contributed by atoms with Crippen LogP contribution in [-0.2, 0) is 0 Å². The Hall–Kier alpha value is -5.05. The first-order valence-electron chi connectivity index (χ1n) is 14.0. The number of nitrogens with zero attached hydrogens (tertiary/aromatic N) is 1. The van der Waals surface area contributed by atoms with Crippen LogP contribution in [0.5, 0.6) is 0 Å². The summed E-state index contributed by atoms with van der Waals surface area (Å²) in [6, 6.07) is 50.7. The van der Waals surface area contributed by atoms with Gasteiger partial charge in [-0.05, 0) is 67.0 Å². The normalized spacial score (nSPS) is 11.9. The minimum absolute atomic E-state index is 1.04. The molecule has 2 heterocycles. The van der Waals surface area contributed by atoms with Gasteiger partial charge in [-0.15, -0.1) is 11.3 Å². The summed E-state index contributed by atoms with van der Waals surface area (Å²) < 4.78 is 1.28. The van der Waals surface area contributed by atoms with E-state index in [-0.39, 0.29) is 0 Å². The van der Waals surface area contributed by atoms with Crippen molar-refractivity contribution in [3.63, 3.8) is 0 Å². The van der Waals surface area contributed by atoms with E-state index in [0.717, 1.165) is 16.1 Å². The number of aromatic nitrogens is 1. The molecular formula is C39H23NS. The molecule has 0 fully saturated rings. The summed E-state index contributed by atoms with van der Waals surface area (Å²) in [6.45, 7) is 0.